The van der Waals surface area contributed by atoms with E-state index in [1.165, 1.54) is 17.9 Å². The fourth-order valence-corrected chi connectivity index (χ4v) is 2.15. The van der Waals surface area contributed by atoms with Crippen molar-refractivity contribution < 1.29 is 13.9 Å². The Morgan fingerprint density at radius 2 is 2.25 bits per heavy atom. The third-order valence-electron chi connectivity index (χ3n) is 2.32. The van der Waals surface area contributed by atoms with Crippen LogP contribution >= 0.6 is 15.9 Å². The molecule has 0 radical (unpaired) electrons. The Morgan fingerprint density at radius 1 is 1.56 bits per heavy atom. The summed E-state index contributed by atoms with van der Waals surface area (Å²) in [5.41, 5.74) is 0.515. The van der Waals surface area contributed by atoms with E-state index in [9.17, 15) is 9.18 Å². The van der Waals surface area contributed by atoms with Crippen molar-refractivity contribution in [3.63, 3.8) is 0 Å². The van der Waals surface area contributed by atoms with Crippen molar-refractivity contribution in [2.75, 3.05) is 7.11 Å². The van der Waals surface area contributed by atoms with Gasteiger partial charge in [0, 0.05) is 7.05 Å². The number of benzene rings is 1. The fraction of sp³-hybridized carbons (Fsp3) is 0.200. The molecule has 16 heavy (non-hydrogen) atoms. The fourth-order valence-electron chi connectivity index (χ4n) is 1.53. The highest BCUT2D eigenvalue weighted by Crippen LogP contribution is 2.27. The van der Waals surface area contributed by atoms with E-state index < -0.39 is 11.8 Å². The van der Waals surface area contributed by atoms with Crippen LogP contribution in [0.3, 0.4) is 0 Å². The first-order valence-electron chi connectivity index (χ1n) is 4.45. The largest absolute Gasteiger partial charge is 0.465 e. The van der Waals surface area contributed by atoms with Gasteiger partial charge in [-0.3, -0.25) is 4.68 Å². The number of halogens is 2. The van der Waals surface area contributed by atoms with Crippen molar-refractivity contribution in [1.29, 1.82) is 0 Å². The van der Waals surface area contributed by atoms with Gasteiger partial charge in [-0.25, -0.2) is 9.18 Å². The van der Waals surface area contributed by atoms with Crippen LogP contribution in [0, 0.1) is 5.82 Å². The van der Waals surface area contributed by atoms with Gasteiger partial charge in [0.1, 0.15) is 10.4 Å². The predicted molar refractivity (Wildman–Crippen MR) is 59.7 cm³/mol. The van der Waals surface area contributed by atoms with E-state index in [1.807, 2.05) is 0 Å². The molecule has 0 bridgehead atoms. The molecule has 84 valence electrons. The van der Waals surface area contributed by atoms with Crippen molar-refractivity contribution >= 4 is 32.8 Å². The van der Waals surface area contributed by atoms with Crippen LogP contribution in [0.2, 0.25) is 0 Å². The Morgan fingerprint density at radius 3 is 2.88 bits per heavy atom. The van der Waals surface area contributed by atoms with Crippen LogP contribution in [-0.4, -0.2) is 22.9 Å². The molecule has 0 spiro atoms. The minimum atomic E-state index is -0.699. The molecule has 1 aromatic heterocycles. The summed E-state index contributed by atoms with van der Waals surface area (Å²) in [4.78, 5) is 11.3. The lowest BCUT2D eigenvalue weighted by Crippen LogP contribution is -2.04. The summed E-state index contributed by atoms with van der Waals surface area (Å²) in [6, 6.07) is 3.01. The number of carbonyl (C=O) groups is 1. The van der Waals surface area contributed by atoms with Crippen LogP contribution in [0.5, 0.6) is 0 Å². The SMILES string of the molecule is COC(=O)c1ccc2c(c(Br)nn2C)c1F. The summed E-state index contributed by atoms with van der Waals surface area (Å²) >= 11 is 3.15. The second kappa shape index (κ2) is 3.86. The van der Waals surface area contributed by atoms with E-state index in [-0.39, 0.29) is 10.9 Å². The van der Waals surface area contributed by atoms with Gasteiger partial charge in [0.05, 0.1) is 23.6 Å². The summed E-state index contributed by atoms with van der Waals surface area (Å²) < 4.78 is 20.4. The molecule has 0 saturated heterocycles. The number of carbonyl (C=O) groups excluding carboxylic acids is 1. The lowest BCUT2D eigenvalue weighted by Gasteiger charge is -2.02. The Bertz CT molecular complexity index is 580. The molecule has 6 heteroatoms. The summed E-state index contributed by atoms with van der Waals surface area (Å²) in [7, 11) is 2.91. The number of nitrogens with zero attached hydrogens (tertiary/aromatic N) is 2. The zero-order chi connectivity index (χ0) is 11.9. The molecule has 0 amide bonds. The summed E-state index contributed by atoms with van der Waals surface area (Å²) in [6.45, 7) is 0. The van der Waals surface area contributed by atoms with Gasteiger partial charge >= 0.3 is 5.97 Å². The minimum Gasteiger partial charge on any atom is -0.465 e. The van der Waals surface area contributed by atoms with Gasteiger partial charge in [-0.1, -0.05) is 0 Å². The highest BCUT2D eigenvalue weighted by Gasteiger charge is 2.19. The third-order valence-corrected chi connectivity index (χ3v) is 2.87. The van der Waals surface area contributed by atoms with E-state index in [4.69, 9.17) is 0 Å². The third kappa shape index (κ3) is 1.49. The van der Waals surface area contributed by atoms with Crippen LogP contribution < -0.4 is 0 Å². The highest BCUT2D eigenvalue weighted by atomic mass is 79.9. The number of esters is 1. The lowest BCUT2D eigenvalue weighted by atomic mass is 10.1. The van der Waals surface area contributed by atoms with E-state index >= 15 is 0 Å². The van der Waals surface area contributed by atoms with Crippen LogP contribution in [0.4, 0.5) is 4.39 Å². The lowest BCUT2D eigenvalue weighted by molar-refractivity contribution is 0.0596. The molecule has 0 atom stereocenters. The summed E-state index contributed by atoms with van der Waals surface area (Å²) in [5.74, 6) is -1.32. The molecular weight excluding hydrogens is 279 g/mol. The standard InChI is InChI=1S/C10H8BrFN2O2/c1-14-6-4-3-5(10(15)16-2)8(12)7(6)9(11)13-14/h3-4H,1-2H3. The molecule has 0 N–H and O–H groups in total. The van der Waals surface area contributed by atoms with Crippen LogP contribution in [0.1, 0.15) is 10.4 Å². The number of aryl methyl sites for hydroxylation is 1. The van der Waals surface area contributed by atoms with Gasteiger partial charge in [0.15, 0.2) is 0 Å². The molecule has 4 nitrogen and oxygen atoms in total. The number of fused-ring (bicyclic) bond motifs is 1. The van der Waals surface area contributed by atoms with Gasteiger partial charge in [0.2, 0.25) is 0 Å². The average molecular weight is 287 g/mol. The van der Waals surface area contributed by atoms with E-state index in [0.717, 1.165) is 0 Å². The Labute approximate surface area is 99.1 Å². The van der Waals surface area contributed by atoms with Gasteiger partial charge in [0.25, 0.3) is 0 Å². The topological polar surface area (TPSA) is 44.1 Å². The maximum atomic E-state index is 14.0. The smallest absolute Gasteiger partial charge is 0.340 e. The number of hydrogen-bond donors (Lipinski definition) is 0. The number of methoxy groups -OCH3 is 1. The van der Waals surface area contributed by atoms with Crippen molar-refractivity contribution in [1.82, 2.24) is 9.78 Å². The highest BCUT2D eigenvalue weighted by molar-refractivity contribution is 9.10. The average Bonchev–Trinajstić information content (AvgIpc) is 2.54. The van der Waals surface area contributed by atoms with Crippen molar-refractivity contribution in [2.24, 2.45) is 7.05 Å². The summed E-state index contributed by atoms with van der Waals surface area (Å²) in [5, 5.41) is 4.30. The second-order valence-electron chi connectivity index (χ2n) is 3.23. The van der Waals surface area contributed by atoms with Crippen LogP contribution in [0.15, 0.2) is 16.7 Å². The molecule has 0 unspecified atom stereocenters. The first-order valence-corrected chi connectivity index (χ1v) is 5.24. The molecular formula is C10H8BrFN2O2. The number of hydrogen-bond acceptors (Lipinski definition) is 3. The summed E-state index contributed by atoms with van der Waals surface area (Å²) in [6.07, 6.45) is 0. The van der Waals surface area contributed by atoms with Gasteiger partial charge in [-0.15, -0.1) is 0 Å². The minimum absolute atomic E-state index is 0.0938. The Hall–Kier alpha value is -1.43. The maximum absolute atomic E-state index is 14.0. The van der Waals surface area contributed by atoms with E-state index in [2.05, 4.69) is 25.8 Å². The molecule has 2 rings (SSSR count). The van der Waals surface area contributed by atoms with Crippen molar-refractivity contribution in [3.8, 4) is 0 Å². The second-order valence-corrected chi connectivity index (χ2v) is 3.98. The van der Waals surface area contributed by atoms with Crippen LogP contribution in [-0.2, 0) is 11.8 Å². The molecule has 0 aliphatic heterocycles. The number of aromatic nitrogens is 2. The molecule has 0 aliphatic carbocycles. The predicted octanol–water partition coefficient (Wildman–Crippen LogP) is 2.26. The monoisotopic (exact) mass is 286 g/mol. The molecule has 0 saturated carbocycles. The van der Waals surface area contributed by atoms with Crippen molar-refractivity contribution in [2.45, 2.75) is 0 Å². The van der Waals surface area contributed by atoms with Gasteiger partial charge < -0.3 is 4.74 Å². The number of rotatable bonds is 1. The molecule has 0 aliphatic rings. The van der Waals surface area contributed by atoms with E-state index in [1.54, 1.807) is 13.1 Å². The Balaban J connectivity index is 2.79. The molecule has 0 fully saturated rings. The molecule has 1 heterocycles. The maximum Gasteiger partial charge on any atom is 0.340 e. The van der Waals surface area contributed by atoms with Crippen molar-refractivity contribution in [3.05, 3.63) is 28.1 Å². The van der Waals surface area contributed by atoms with E-state index in [0.29, 0.717) is 10.1 Å². The zero-order valence-electron chi connectivity index (χ0n) is 8.62. The quantitative estimate of drug-likeness (QED) is 0.756. The number of ether oxygens (including phenoxy) is 1. The normalized spacial score (nSPS) is 10.8. The van der Waals surface area contributed by atoms with Gasteiger partial charge in [-0.05, 0) is 28.1 Å². The molecule has 2 aromatic rings. The van der Waals surface area contributed by atoms with Gasteiger partial charge in [-0.2, -0.15) is 5.10 Å². The molecule has 1 aromatic carbocycles. The first kappa shape index (κ1) is 11.1. The zero-order valence-corrected chi connectivity index (χ0v) is 10.2. The van der Waals surface area contributed by atoms with Crippen LogP contribution in [0.25, 0.3) is 10.9 Å². The Kier molecular flexibility index (Phi) is 2.67. The first-order chi connectivity index (χ1) is 7.56.